The van der Waals surface area contributed by atoms with Crippen LogP contribution in [0.15, 0.2) is 41.1 Å². The quantitative estimate of drug-likeness (QED) is 0.664. The fraction of sp³-hybridized carbons (Fsp3) is 0.188. The first-order chi connectivity index (χ1) is 11.2. The summed E-state index contributed by atoms with van der Waals surface area (Å²) >= 11 is 6.18. The number of carbonyl (C=O) groups is 1. The molecular formula is C16H13ClN2O4. The van der Waals surface area contributed by atoms with Crippen LogP contribution in [-0.2, 0) is 11.3 Å². The van der Waals surface area contributed by atoms with Gasteiger partial charge >= 0.3 is 5.97 Å². The predicted octanol–water partition coefficient (Wildman–Crippen LogP) is 3.63. The summed E-state index contributed by atoms with van der Waals surface area (Å²) in [5.74, 6) is 0.157. The highest BCUT2D eigenvalue weighted by Gasteiger charge is 2.15. The fourth-order valence-corrected chi connectivity index (χ4v) is 2.25. The number of hydrogen-bond donors (Lipinski definition) is 0. The van der Waals surface area contributed by atoms with Crippen LogP contribution in [0, 0.1) is 0 Å². The van der Waals surface area contributed by atoms with E-state index in [4.69, 9.17) is 25.5 Å². The number of benzene rings is 1. The Labute approximate surface area is 137 Å². The molecule has 23 heavy (non-hydrogen) atoms. The topological polar surface area (TPSA) is 74.5 Å². The summed E-state index contributed by atoms with van der Waals surface area (Å²) in [5, 5.41) is 1.35. The minimum Gasteiger partial charge on any atom is -0.480 e. The highest BCUT2D eigenvalue weighted by Crippen LogP contribution is 2.32. The molecule has 0 amide bonds. The van der Waals surface area contributed by atoms with Gasteiger partial charge in [-0.2, -0.15) is 0 Å². The summed E-state index contributed by atoms with van der Waals surface area (Å²) in [6.07, 6.45) is 2.90. The number of nitrogens with zero attached hydrogens (tertiary/aromatic N) is 2. The van der Waals surface area contributed by atoms with Gasteiger partial charge in [-0.15, -0.1) is 0 Å². The average molecular weight is 333 g/mol. The highest BCUT2D eigenvalue weighted by atomic mass is 35.5. The molecule has 2 heterocycles. The van der Waals surface area contributed by atoms with Crippen LogP contribution in [0.3, 0.4) is 0 Å². The molecule has 0 N–H and O–H groups in total. The Morgan fingerprint density at radius 1 is 1.35 bits per heavy atom. The molecule has 3 rings (SSSR count). The van der Waals surface area contributed by atoms with Gasteiger partial charge in [-0.3, -0.25) is 4.98 Å². The number of carbonyl (C=O) groups excluding carboxylic acids is 1. The van der Waals surface area contributed by atoms with Crippen LogP contribution in [0.1, 0.15) is 23.3 Å². The van der Waals surface area contributed by atoms with Crippen molar-refractivity contribution in [2.45, 2.75) is 13.5 Å². The van der Waals surface area contributed by atoms with Gasteiger partial charge in [-0.25, -0.2) is 9.78 Å². The van der Waals surface area contributed by atoms with Gasteiger partial charge in [0.15, 0.2) is 18.1 Å². The zero-order chi connectivity index (χ0) is 16.2. The third kappa shape index (κ3) is 3.27. The Bertz CT molecular complexity index is 847. The molecule has 0 unspecified atom stereocenters. The van der Waals surface area contributed by atoms with E-state index in [9.17, 15) is 4.79 Å². The largest absolute Gasteiger partial charge is 0.480 e. The number of pyridine rings is 1. The Hall–Kier alpha value is -2.60. The summed E-state index contributed by atoms with van der Waals surface area (Å²) in [7, 11) is 0. The number of ether oxygens (including phenoxy) is 2. The van der Waals surface area contributed by atoms with Crippen molar-refractivity contribution in [3.63, 3.8) is 0 Å². The predicted molar refractivity (Wildman–Crippen MR) is 83.5 cm³/mol. The smallest absolute Gasteiger partial charge is 0.360 e. The van der Waals surface area contributed by atoms with E-state index in [0.29, 0.717) is 16.3 Å². The zero-order valence-electron chi connectivity index (χ0n) is 12.3. The highest BCUT2D eigenvalue weighted by molar-refractivity contribution is 6.33. The van der Waals surface area contributed by atoms with Gasteiger partial charge in [0.05, 0.1) is 11.6 Å². The van der Waals surface area contributed by atoms with Crippen LogP contribution < -0.4 is 4.74 Å². The number of halogens is 1. The molecule has 0 aliphatic heterocycles. The molecule has 0 bridgehead atoms. The first-order valence-corrected chi connectivity index (χ1v) is 7.34. The number of oxazole rings is 1. The van der Waals surface area contributed by atoms with Crippen molar-refractivity contribution in [3.05, 3.63) is 53.3 Å². The maximum Gasteiger partial charge on any atom is 0.360 e. The Morgan fingerprint density at radius 3 is 3.04 bits per heavy atom. The van der Waals surface area contributed by atoms with Gasteiger partial charge in [-0.1, -0.05) is 23.7 Å². The molecule has 0 atom stereocenters. The van der Waals surface area contributed by atoms with E-state index >= 15 is 0 Å². The summed E-state index contributed by atoms with van der Waals surface area (Å²) in [6.45, 7) is 2.02. The number of aromatic nitrogens is 2. The lowest BCUT2D eigenvalue weighted by Crippen LogP contribution is -2.05. The molecule has 6 nitrogen and oxygen atoms in total. The minimum absolute atomic E-state index is 0.0226. The van der Waals surface area contributed by atoms with Crippen LogP contribution in [0.4, 0.5) is 0 Å². The third-order valence-corrected chi connectivity index (χ3v) is 3.35. The van der Waals surface area contributed by atoms with E-state index in [1.54, 1.807) is 19.2 Å². The molecule has 1 aromatic carbocycles. The van der Waals surface area contributed by atoms with E-state index in [0.717, 1.165) is 5.39 Å². The van der Waals surface area contributed by atoms with Gasteiger partial charge in [0.2, 0.25) is 5.89 Å². The summed E-state index contributed by atoms with van der Waals surface area (Å²) in [5.41, 5.74) is 0.754. The van der Waals surface area contributed by atoms with E-state index in [2.05, 4.69) is 9.97 Å². The number of esters is 1. The number of fused-ring (bicyclic) bond motifs is 1. The normalized spacial score (nSPS) is 10.7. The lowest BCUT2D eigenvalue weighted by atomic mass is 10.2. The van der Waals surface area contributed by atoms with Crippen molar-refractivity contribution in [2.24, 2.45) is 0 Å². The van der Waals surface area contributed by atoms with Crippen molar-refractivity contribution in [1.82, 2.24) is 9.97 Å². The summed E-state index contributed by atoms with van der Waals surface area (Å²) in [6, 6.07) is 7.34. The first-order valence-electron chi connectivity index (χ1n) is 6.96. The second-order valence-corrected chi connectivity index (χ2v) is 4.99. The molecule has 7 heteroatoms. The molecule has 0 fully saturated rings. The van der Waals surface area contributed by atoms with Gasteiger partial charge < -0.3 is 13.9 Å². The second kappa shape index (κ2) is 6.66. The molecule has 3 aromatic rings. The van der Waals surface area contributed by atoms with Crippen LogP contribution >= 0.6 is 11.6 Å². The molecule has 0 spiro atoms. The van der Waals surface area contributed by atoms with Crippen LogP contribution in [0.25, 0.3) is 10.9 Å². The second-order valence-electron chi connectivity index (χ2n) is 4.59. The molecule has 2 aromatic heterocycles. The maximum absolute atomic E-state index is 11.5. The van der Waals surface area contributed by atoms with Crippen LogP contribution in [-0.4, -0.2) is 22.5 Å². The zero-order valence-corrected chi connectivity index (χ0v) is 13.0. The molecule has 0 saturated carbocycles. The van der Waals surface area contributed by atoms with E-state index in [-0.39, 0.29) is 24.8 Å². The SMILES string of the molecule is CCOC(=O)c1coc(COc2c(Cl)ccc3cccnc23)n1. The van der Waals surface area contributed by atoms with Gasteiger partial charge in [0.1, 0.15) is 11.8 Å². The lowest BCUT2D eigenvalue weighted by Gasteiger charge is -2.08. The van der Waals surface area contributed by atoms with Crippen molar-refractivity contribution in [2.75, 3.05) is 6.61 Å². The lowest BCUT2D eigenvalue weighted by molar-refractivity contribution is 0.0519. The Balaban J connectivity index is 1.79. The van der Waals surface area contributed by atoms with E-state index in [1.165, 1.54) is 6.26 Å². The third-order valence-electron chi connectivity index (χ3n) is 3.06. The van der Waals surface area contributed by atoms with Crippen molar-refractivity contribution in [1.29, 1.82) is 0 Å². The van der Waals surface area contributed by atoms with Gasteiger partial charge in [0.25, 0.3) is 0 Å². The monoisotopic (exact) mass is 332 g/mol. The standard InChI is InChI=1S/C16H13ClN2O4/c1-2-21-16(20)12-8-22-13(19-12)9-23-15-11(17)6-5-10-4-3-7-18-14(10)15/h3-8H,2,9H2,1H3. The Morgan fingerprint density at radius 2 is 2.22 bits per heavy atom. The minimum atomic E-state index is -0.535. The van der Waals surface area contributed by atoms with Crippen molar-refractivity contribution < 1.29 is 18.7 Å². The summed E-state index contributed by atoms with van der Waals surface area (Å²) < 4.78 is 15.7. The van der Waals surface area contributed by atoms with Crippen molar-refractivity contribution in [3.8, 4) is 5.75 Å². The van der Waals surface area contributed by atoms with E-state index in [1.807, 2.05) is 18.2 Å². The van der Waals surface area contributed by atoms with E-state index < -0.39 is 5.97 Å². The number of rotatable bonds is 5. The fourth-order valence-electron chi connectivity index (χ4n) is 2.04. The van der Waals surface area contributed by atoms with Crippen LogP contribution in [0.5, 0.6) is 5.75 Å². The summed E-state index contributed by atoms with van der Waals surface area (Å²) in [4.78, 5) is 19.8. The molecule has 0 aliphatic carbocycles. The molecule has 0 radical (unpaired) electrons. The molecular weight excluding hydrogens is 320 g/mol. The first kappa shape index (κ1) is 15.3. The van der Waals surface area contributed by atoms with Gasteiger partial charge in [0, 0.05) is 11.6 Å². The Kier molecular flexibility index (Phi) is 4.43. The van der Waals surface area contributed by atoms with Crippen LogP contribution in [0.2, 0.25) is 5.02 Å². The molecule has 118 valence electrons. The number of hydrogen-bond acceptors (Lipinski definition) is 6. The van der Waals surface area contributed by atoms with Gasteiger partial charge in [-0.05, 0) is 19.1 Å². The maximum atomic E-state index is 11.5. The molecule has 0 aliphatic rings. The molecule has 0 saturated heterocycles. The average Bonchev–Trinajstić information content (AvgIpc) is 3.03. The van der Waals surface area contributed by atoms with Crippen molar-refractivity contribution >= 4 is 28.5 Å².